The molecule has 1 aromatic carbocycles. The highest BCUT2D eigenvalue weighted by Crippen LogP contribution is 2.48. The molecule has 0 amide bonds. The second kappa shape index (κ2) is 7.70. The van der Waals surface area contributed by atoms with Crippen molar-refractivity contribution in [3.63, 3.8) is 0 Å². The molecule has 4 N–H and O–H groups in total. The maximum atomic E-state index is 6.22. The Morgan fingerprint density at radius 1 is 1.22 bits per heavy atom. The van der Waals surface area contributed by atoms with Crippen molar-refractivity contribution in [2.24, 2.45) is 11.5 Å². The molecule has 4 rings (SSSR count). The van der Waals surface area contributed by atoms with Crippen LogP contribution in [0.25, 0.3) is 0 Å². The van der Waals surface area contributed by atoms with Crippen LogP contribution in [0.15, 0.2) is 54.0 Å². The van der Waals surface area contributed by atoms with E-state index >= 15 is 0 Å². The van der Waals surface area contributed by atoms with Gasteiger partial charge in [-0.2, -0.15) is 0 Å². The fourth-order valence-electron chi connectivity index (χ4n) is 3.77. The second-order valence-electron chi connectivity index (χ2n) is 6.86. The number of para-hydroxylation sites is 1. The number of hydrogen-bond acceptors (Lipinski definition) is 7. The van der Waals surface area contributed by atoms with Crippen molar-refractivity contribution in [3.05, 3.63) is 59.5 Å². The lowest BCUT2D eigenvalue weighted by Crippen LogP contribution is -2.43. The van der Waals surface area contributed by atoms with Crippen LogP contribution in [-0.2, 0) is 0 Å². The lowest BCUT2D eigenvalue weighted by Gasteiger charge is -2.36. The largest absolute Gasteiger partial charge is 0.496 e. The van der Waals surface area contributed by atoms with Crippen LogP contribution in [0.1, 0.15) is 23.8 Å². The number of methoxy groups -OCH3 is 1. The zero-order valence-corrected chi connectivity index (χ0v) is 16.2. The first-order valence-corrected chi connectivity index (χ1v) is 10.0. The van der Waals surface area contributed by atoms with Gasteiger partial charge in [0.15, 0.2) is 0 Å². The Kier molecular flexibility index (Phi) is 5.13. The van der Waals surface area contributed by atoms with E-state index in [4.69, 9.17) is 16.2 Å². The highest BCUT2D eigenvalue weighted by atomic mass is 32.2. The molecule has 2 aliphatic rings. The van der Waals surface area contributed by atoms with E-state index in [-0.39, 0.29) is 11.4 Å². The molecule has 0 bridgehead atoms. The molecule has 2 atom stereocenters. The van der Waals surface area contributed by atoms with Gasteiger partial charge in [-0.3, -0.25) is 4.98 Å². The first-order chi connectivity index (χ1) is 13.2. The molecule has 0 spiro atoms. The van der Waals surface area contributed by atoms with Crippen molar-refractivity contribution >= 4 is 23.1 Å². The Hall–Kier alpha value is -2.38. The number of benzene rings is 1. The topological polar surface area (TPSA) is 80.6 Å². The minimum atomic E-state index is 0.00237. The third kappa shape index (κ3) is 3.57. The average Bonchev–Trinajstić information content (AvgIpc) is 3.09. The van der Waals surface area contributed by atoms with Gasteiger partial charge in [0, 0.05) is 37.1 Å². The molecule has 27 heavy (non-hydrogen) atoms. The molecule has 1 aromatic heterocycles. The highest BCUT2D eigenvalue weighted by molar-refractivity contribution is 8.03. The fourth-order valence-corrected chi connectivity index (χ4v) is 4.82. The maximum Gasteiger partial charge on any atom is 0.125 e. The Morgan fingerprint density at radius 2 is 2.07 bits per heavy atom. The van der Waals surface area contributed by atoms with Crippen LogP contribution >= 0.6 is 11.8 Å². The maximum absolute atomic E-state index is 6.22. The van der Waals surface area contributed by atoms with Gasteiger partial charge in [-0.15, -0.1) is 0 Å². The van der Waals surface area contributed by atoms with Gasteiger partial charge < -0.3 is 26.0 Å². The molecule has 1 saturated heterocycles. The number of piperidine rings is 1. The van der Waals surface area contributed by atoms with E-state index in [0.29, 0.717) is 0 Å². The smallest absolute Gasteiger partial charge is 0.125 e. The van der Waals surface area contributed by atoms with Gasteiger partial charge in [-0.25, -0.2) is 0 Å². The highest BCUT2D eigenvalue weighted by Gasteiger charge is 2.32. The van der Waals surface area contributed by atoms with Crippen LogP contribution in [0.3, 0.4) is 0 Å². The van der Waals surface area contributed by atoms with E-state index in [1.165, 1.54) is 0 Å². The Morgan fingerprint density at radius 3 is 2.89 bits per heavy atom. The van der Waals surface area contributed by atoms with Gasteiger partial charge >= 0.3 is 0 Å². The summed E-state index contributed by atoms with van der Waals surface area (Å²) in [5, 5.41) is 0.776. The summed E-state index contributed by atoms with van der Waals surface area (Å²) in [7, 11) is 1.70. The first-order valence-electron chi connectivity index (χ1n) is 9.17. The lowest BCUT2D eigenvalue weighted by molar-refractivity contribution is 0.409. The number of aromatic nitrogens is 1. The molecular weight excluding hydrogens is 358 g/mol. The van der Waals surface area contributed by atoms with Crippen molar-refractivity contribution in [2.45, 2.75) is 24.3 Å². The normalized spacial score (nSPS) is 22.7. The van der Waals surface area contributed by atoms with Gasteiger partial charge in [0.25, 0.3) is 0 Å². The number of ether oxygens (including phenoxy) is 1. The number of rotatable bonds is 4. The second-order valence-corrected chi connectivity index (χ2v) is 8.02. The summed E-state index contributed by atoms with van der Waals surface area (Å²) in [5.41, 5.74) is 15.7. The summed E-state index contributed by atoms with van der Waals surface area (Å²) in [6.07, 6.45) is 7.92. The van der Waals surface area contributed by atoms with Crippen LogP contribution in [-0.4, -0.2) is 31.2 Å². The quantitative estimate of drug-likeness (QED) is 0.840. The van der Waals surface area contributed by atoms with Crippen molar-refractivity contribution in [2.75, 3.05) is 30.0 Å². The lowest BCUT2D eigenvalue weighted by atomic mass is 10.1. The average molecular weight is 384 g/mol. The third-order valence-corrected chi connectivity index (χ3v) is 6.11. The fraction of sp³-hybridized carbons (Fsp3) is 0.350. The van der Waals surface area contributed by atoms with E-state index in [2.05, 4.69) is 26.9 Å². The number of thioether (sulfide) groups is 1. The minimum absolute atomic E-state index is 0.00237. The van der Waals surface area contributed by atoms with Gasteiger partial charge in [0.1, 0.15) is 11.1 Å². The molecule has 0 aliphatic carbocycles. The van der Waals surface area contributed by atoms with Gasteiger partial charge in [-0.05, 0) is 25.0 Å². The molecule has 7 heteroatoms. The summed E-state index contributed by atoms with van der Waals surface area (Å²) in [6, 6.07) is 10.4. The zero-order chi connectivity index (χ0) is 18.8. The van der Waals surface area contributed by atoms with Crippen LogP contribution in [0.4, 0.5) is 11.4 Å². The monoisotopic (exact) mass is 383 g/mol. The molecular formula is C20H25N5OS. The van der Waals surface area contributed by atoms with E-state index in [0.717, 1.165) is 53.6 Å². The zero-order valence-electron chi connectivity index (χ0n) is 15.4. The van der Waals surface area contributed by atoms with E-state index in [9.17, 15) is 0 Å². The van der Waals surface area contributed by atoms with E-state index < -0.39 is 0 Å². The van der Waals surface area contributed by atoms with Crippen LogP contribution in [0, 0.1) is 0 Å². The van der Waals surface area contributed by atoms with Gasteiger partial charge in [-0.1, -0.05) is 30.0 Å². The van der Waals surface area contributed by atoms with Crippen molar-refractivity contribution in [1.82, 2.24) is 4.98 Å². The predicted molar refractivity (Wildman–Crippen MR) is 112 cm³/mol. The first kappa shape index (κ1) is 18.0. The minimum Gasteiger partial charge on any atom is -0.496 e. The number of pyridine rings is 1. The Balaban J connectivity index is 1.73. The van der Waals surface area contributed by atoms with E-state index in [1.54, 1.807) is 18.9 Å². The van der Waals surface area contributed by atoms with Crippen LogP contribution < -0.4 is 26.0 Å². The van der Waals surface area contributed by atoms with Crippen molar-refractivity contribution in [1.29, 1.82) is 0 Å². The van der Waals surface area contributed by atoms with Crippen molar-refractivity contribution in [3.8, 4) is 5.75 Å². The van der Waals surface area contributed by atoms with E-state index in [1.807, 2.05) is 36.8 Å². The summed E-state index contributed by atoms with van der Waals surface area (Å²) in [5.74, 6) is 0.855. The van der Waals surface area contributed by atoms with Gasteiger partial charge in [0.2, 0.25) is 0 Å². The summed E-state index contributed by atoms with van der Waals surface area (Å²) in [6.45, 7) is 1.86. The number of anilines is 2. The molecule has 1 unspecified atom stereocenters. The SMILES string of the molecule is COc1ccccc1[C@@H]1SC(N)=CN1c1cnccc1N1CCCC(N)C1. The molecule has 0 saturated carbocycles. The van der Waals surface area contributed by atoms with Crippen LogP contribution in [0.2, 0.25) is 0 Å². The molecule has 6 nitrogen and oxygen atoms in total. The Labute approximate surface area is 164 Å². The molecule has 2 aliphatic heterocycles. The third-order valence-electron chi connectivity index (χ3n) is 5.03. The summed E-state index contributed by atoms with van der Waals surface area (Å²) >= 11 is 1.62. The molecule has 0 radical (unpaired) electrons. The van der Waals surface area contributed by atoms with Gasteiger partial charge in [0.05, 0.1) is 29.7 Å². The molecule has 1 fully saturated rings. The molecule has 142 valence electrons. The predicted octanol–water partition coefficient (Wildman–Crippen LogP) is 3.03. The Bertz CT molecular complexity index is 843. The standard InChI is InChI=1S/C20H25N5OS/c1-26-18-7-3-2-6-15(18)20-25(13-19(22)27-20)17-11-23-9-8-16(17)24-10-4-5-14(21)12-24/h2-3,6-9,11,13-14,20H,4-5,10,12,21-22H2,1H3/t14?,20-/m0/s1. The number of nitrogens with zero attached hydrogens (tertiary/aromatic N) is 3. The van der Waals surface area contributed by atoms with Crippen LogP contribution in [0.5, 0.6) is 5.75 Å². The summed E-state index contributed by atoms with van der Waals surface area (Å²) < 4.78 is 5.59. The number of hydrogen-bond donors (Lipinski definition) is 2. The molecule has 2 aromatic rings. The van der Waals surface area contributed by atoms with Crippen molar-refractivity contribution < 1.29 is 4.74 Å². The molecule has 3 heterocycles. The number of nitrogens with two attached hydrogens (primary N) is 2. The summed E-state index contributed by atoms with van der Waals surface area (Å²) in [4.78, 5) is 8.94.